The van der Waals surface area contributed by atoms with Crippen LogP contribution in [0.4, 0.5) is 0 Å². The lowest BCUT2D eigenvalue weighted by Gasteiger charge is -2.25. The number of benzene rings is 1. The fraction of sp³-hybridized carbons (Fsp3) is 0.267. The molecule has 18 heavy (non-hydrogen) atoms. The molecule has 0 saturated heterocycles. The van der Waals surface area contributed by atoms with E-state index in [1.807, 2.05) is 43.5 Å². The summed E-state index contributed by atoms with van der Waals surface area (Å²) in [5.74, 6) is 0.257. The standard InChI is InChI=1S/C15H15NO2/c1-10-14(17)12-9-18-15(2,13(12)8-16-10)11-6-4-3-5-7-11/h3-8,17H,9H2,1-2H3. The number of rotatable bonds is 1. The third-order valence-corrected chi connectivity index (χ3v) is 3.68. The van der Waals surface area contributed by atoms with E-state index in [0.717, 1.165) is 16.7 Å². The molecule has 2 aromatic rings. The molecule has 0 spiro atoms. The summed E-state index contributed by atoms with van der Waals surface area (Å²) in [7, 11) is 0. The highest BCUT2D eigenvalue weighted by Crippen LogP contribution is 2.44. The largest absolute Gasteiger partial charge is 0.506 e. The van der Waals surface area contributed by atoms with Gasteiger partial charge in [-0.05, 0) is 19.4 Å². The number of aromatic nitrogens is 1. The minimum absolute atomic E-state index is 0.257. The molecular weight excluding hydrogens is 226 g/mol. The lowest BCUT2D eigenvalue weighted by molar-refractivity contribution is 0.00934. The van der Waals surface area contributed by atoms with E-state index in [0.29, 0.717) is 12.3 Å². The van der Waals surface area contributed by atoms with Crippen molar-refractivity contribution in [2.45, 2.75) is 26.1 Å². The van der Waals surface area contributed by atoms with Crippen LogP contribution in [-0.2, 0) is 16.9 Å². The lowest BCUT2D eigenvalue weighted by Crippen LogP contribution is -2.22. The molecule has 1 atom stereocenters. The summed E-state index contributed by atoms with van der Waals surface area (Å²) in [6, 6.07) is 10.0. The highest BCUT2D eigenvalue weighted by Gasteiger charge is 2.39. The van der Waals surface area contributed by atoms with Crippen LogP contribution in [0.25, 0.3) is 0 Å². The number of hydrogen-bond donors (Lipinski definition) is 1. The van der Waals surface area contributed by atoms with Gasteiger partial charge >= 0.3 is 0 Å². The fourth-order valence-electron chi connectivity index (χ4n) is 2.49. The SMILES string of the molecule is Cc1ncc2c(c1O)COC2(C)c1ccccc1. The van der Waals surface area contributed by atoms with Crippen molar-refractivity contribution in [1.29, 1.82) is 0 Å². The van der Waals surface area contributed by atoms with Gasteiger partial charge in [0.2, 0.25) is 0 Å². The number of nitrogens with zero attached hydrogens (tertiary/aromatic N) is 1. The van der Waals surface area contributed by atoms with Gasteiger partial charge in [-0.1, -0.05) is 30.3 Å². The Labute approximate surface area is 106 Å². The van der Waals surface area contributed by atoms with Crippen LogP contribution >= 0.6 is 0 Å². The van der Waals surface area contributed by atoms with E-state index in [1.54, 1.807) is 6.92 Å². The first-order valence-corrected chi connectivity index (χ1v) is 6.00. The Morgan fingerprint density at radius 2 is 2.00 bits per heavy atom. The molecule has 3 rings (SSSR count). The molecule has 0 amide bonds. The molecular formula is C15H15NO2. The highest BCUT2D eigenvalue weighted by molar-refractivity contribution is 5.49. The summed E-state index contributed by atoms with van der Waals surface area (Å²) in [5, 5.41) is 10.1. The molecule has 1 aromatic carbocycles. The number of aryl methyl sites for hydroxylation is 1. The Kier molecular flexibility index (Phi) is 2.38. The first-order valence-electron chi connectivity index (χ1n) is 6.00. The molecule has 1 N–H and O–H groups in total. The van der Waals surface area contributed by atoms with E-state index in [-0.39, 0.29) is 5.75 Å². The Morgan fingerprint density at radius 3 is 2.72 bits per heavy atom. The Balaban J connectivity index is 2.18. The zero-order chi connectivity index (χ0) is 12.8. The molecule has 1 aliphatic heterocycles. The second-order valence-corrected chi connectivity index (χ2v) is 4.77. The molecule has 2 heterocycles. The van der Waals surface area contributed by atoms with E-state index in [4.69, 9.17) is 4.74 Å². The lowest BCUT2D eigenvalue weighted by atomic mass is 9.88. The van der Waals surface area contributed by atoms with Gasteiger partial charge in [-0.3, -0.25) is 4.98 Å². The summed E-state index contributed by atoms with van der Waals surface area (Å²) in [4.78, 5) is 4.24. The molecule has 0 aliphatic carbocycles. The van der Waals surface area contributed by atoms with Gasteiger partial charge < -0.3 is 9.84 Å². The summed E-state index contributed by atoms with van der Waals surface area (Å²) in [6.07, 6.45) is 1.81. The van der Waals surface area contributed by atoms with Crippen molar-refractivity contribution in [3.05, 3.63) is 58.9 Å². The fourth-order valence-corrected chi connectivity index (χ4v) is 2.49. The maximum absolute atomic E-state index is 10.1. The van der Waals surface area contributed by atoms with Gasteiger partial charge in [0.15, 0.2) is 0 Å². The number of hydrogen-bond acceptors (Lipinski definition) is 3. The van der Waals surface area contributed by atoms with Gasteiger partial charge in [0.05, 0.1) is 12.3 Å². The van der Waals surface area contributed by atoms with Crippen LogP contribution in [-0.4, -0.2) is 10.1 Å². The Bertz CT molecular complexity index is 595. The van der Waals surface area contributed by atoms with Crippen molar-refractivity contribution >= 4 is 0 Å². The van der Waals surface area contributed by atoms with Crippen LogP contribution in [0.3, 0.4) is 0 Å². The van der Waals surface area contributed by atoms with E-state index < -0.39 is 5.60 Å². The molecule has 0 saturated carbocycles. The number of aromatic hydroxyl groups is 1. The van der Waals surface area contributed by atoms with E-state index in [9.17, 15) is 5.11 Å². The average Bonchev–Trinajstić information content (AvgIpc) is 2.75. The number of pyridine rings is 1. The van der Waals surface area contributed by atoms with Crippen LogP contribution in [0.15, 0.2) is 36.5 Å². The summed E-state index contributed by atoms with van der Waals surface area (Å²) >= 11 is 0. The van der Waals surface area contributed by atoms with Crippen molar-refractivity contribution in [1.82, 2.24) is 4.98 Å². The minimum Gasteiger partial charge on any atom is -0.506 e. The van der Waals surface area contributed by atoms with Crippen molar-refractivity contribution in [3.8, 4) is 5.75 Å². The maximum atomic E-state index is 10.1. The Morgan fingerprint density at radius 1 is 1.28 bits per heavy atom. The summed E-state index contributed by atoms with van der Waals surface area (Å²) in [5.41, 5.74) is 3.02. The zero-order valence-electron chi connectivity index (χ0n) is 10.5. The van der Waals surface area contributed by atoms with Crippen molar-refractivity contribution < 1.29 is 9.84 Å². The Hall–Kier alpha value is -1.87. The summed E-state index contributed by atoms with van der Waals surface area (Å²) in [6.45, 7) is 4.24. The van der Waals surface area contributed by atoms with Gasteiger partial charge in [0, 0.05) is 17.3 Å². The van der Waals surface area contributed by atoms with Gasteiger partial charge in [0.1, 0.15) is 11.4 Å². The normalized spacial score (nSPS) is 21.9. The molecule has 0 radical (unpaired) electrons. The van der Waals surface area contributed by atoms with Crippen molar-refractivity contribution in [3.63, 3.8) is 0 Å². The maximum Gasteiger partial charge on any atom is 0.142 e. The monoisotopic (exact) mass is 241 g/mol. The molecule has 92 valence electrons. The molecule has 3 heteroatoms. The summed E-state index contributed by atoms with van der Waals surface area (Å²) < 4.78 is 5.93. The van der Waals surface area contributed by atoms with E-state index in [1.165, 1.54) is 0 Å². The molecule has 3 nitrogen and oxygen atoms in total. The third-order valence-electron chi connectivity index (χ3n) is 3.68. The minimum atomic E-state index is -0.519. The van der Waals surface area contributed by atoms with E-state index in [2.05, 4.69) is 4.98 Å². The number of fused-ring (bicyclic) bond motifs is 1. The quantitative estimate of drug-likeness (QED) is 0.834. The van der Waals surface area contributed by atoms with Crippen LogP contribution in [0.5, 0.6) is 5.75 Å². The topological polar surface area (TPSA) is 42.4 Å². The zero-order valence-corrected chi connectivity index (χ0v) is 10.5. The van der Waals surface area contributed by atoms with Gasteiger partial charge in [-0.2, -0.15) is 0 Å². The smallest absolute Gasteiger partial charge is 0.142 e. The predicted octanol–water partition coefficient (Wildman–Crippen LogP) is 2.89. The van der Waals surface area contributed by atoms with Gasteiger partial charge in [0.25, 0.3) is 0 Å². The molecule has 1 unspecified atom stereocenters. The molecule has 0 fully saturated rings. The third kappa shape index (κ3) is 1.44. The van der Waals surface area contributed by atoms with Gasteiger partial charge in [-0.15, -0.1) is 0 Å². The molecule has 0 bridgehead atoms. The molecule has 1 aliphatic rings. The van der Waals surface area contributed by atoms with Gasteiger partial charge in [-0.25, -0.2) is 0 Å². The van der Waals surface area contributed by atoms with Crippen LogP contribution in [0.1, 0.15) is 29.3 Å². The van der Waals surface area contributed by atoms with Crippen LogP contribution < -0.4 is 0 Å². The van der Waals surface area contributed by atoms with Crippen molar-refractivity contribution in [2.75, 3.05) is 0 Å². The highest BCUT2D eigenvalue weighted by atomic mass is 16.5. The second kappa shape index (κ2) is 3.82. The first-order chi connectivity index (χ1) is 8.63. The predicted molar refractivity (Wildman–Crippen MR) is 68.3 cm³/mol. The van der Waals surface area contributed by atoms with Crippen LogP contribution in [0, 0.1) is 6.92 Å². The van der Waals surface area contributed by atoms with E-state index >= 15 is 0 Å². The molecule has 1 aromatic heterocycles. The van der Waals surface area contributed by atoms with Crippen molar-refractivity contribution in [2.24, 2.45) is 0 Å². The first kappa shape index (κ1) is 11.2. The number of ether oxygens (including phenoxy) is 1. The van der Waals surface area contributed by atoms with Crippen LogP contribution in [0.2, 0.25) is 0 Å². The average molecular weight is 241 g/mol. The second-order valence-electron chi connectivity index (χ2n) is 4.77.